The number of aryl methyl sites for hydroxylation is 2. The zero-order valence-electron chi connectivity index (χ0n) is 15.8. The number of para-hydroxylation sites is 1. The van der Waals surface area contributed by atoms with E-state index in [0.717, 1.165) is 48.7 Å². The SMILES string of the molecule is Cc1cccc(C)c1NC(=S)NC[C@H](c1ccc(F)cc1)[NH+]1CCOCC1. The molecule has 0 unspecified atom stereocenters. The Hall–Kier alpha value is -2.02. The van der Waals surface area contributed by atoms with Crippen LogP contribution in [-0.4, -0.2) is 38.0 Å². The molecule has 0 radical (unpaired) electrons. The Morgan fingerprint density at radius 1 is 1.11 bits per heavy atom. The van der Waals surface area contributed by atoms with Gasteiger partial charge in [0.05, 0.1) is 19.8 Å². The van der Waals surface area contributed by atoms with Gasteiger partial charge < -0.3 is 20.3 Å². The smallest absolute Gasteiger partial charge is 0.171 e. The highest BCUT2D eigenvalue weighted by atomic mass is 32.1. The van der Waals surface area contributed by atoms with E-state index in [4.69, 9.17) is 17.0 Å². The Bertz CT molecular complexity index is 755. The van der Waals surface area contributed by atoms with E-state index in [1.165, 1.54) is 17.0 Å². The molecule has 1 aliphatic rings. The minimum atomic E-state index is -0.213. The van der Waals surface area contributed by atoms with Crippen molar-refractivity contribution in [3.05, 3.63) is 65.0 Å². The van der Waals surface area contributed by atoms with Crippen LogP contribution in [0.5, 0.6) is 0 Å². The minimum Gasteiger partial charge on any atom is -0.370 e. The fourth-order valence-electron chi connectivity index (χ4n) is 3.54. The maximum Gasteiger partial charge on any atom is 0.171 e. The molecule has 1 atom stereocenters. The molecule has 0 amide bonds. The number of hydrogen-bond donors (Lipinski definition) is 3. The van der Waals surface area contributed by atoms with Crippen LogP contribution < -0.4 is 15.5 Å². The van der Waals surface area contributed by atoms with Crippen LogP contribution in [0.3, 0.4) is 0 Å². The van der Waals surface area contributed by atoms with Gasteiger partial charge in [-0.05, 0) is 49.3 Å². The van der Waals surface area contributed by atoms with Crippen LogP contribution in [0.25, 0.3) is 0 Å². The van der Waals surface area contributed by atoms with E-state index in [2.05, 4.69) is 36.6 Å². The van der Waals surface area contributed by atoms with Gasteiger partial charge in [-0.2, -0.15) is 0 Å². The minimum absolute atomic E-state index is 0.187. The first kappa shape index (κ1) is 19.7. The van der Waals surface area contributed by atoms with Crippen LogP contribution in [0.1, 0.15) is 22.7 Å². The Balaban J connectivity index is 1.68. The molecule has 3 rings (SSSR count). The number of anilines is 1. The number of nitrogens with one attached hydrogen (secondary N) is 3. The van der Waals surface area contributed by atoms with Gasteiger partial charge in [-0.15, -0.1) is 0 Å². The van der Waals surface area contributed by atoms with Crippen molar-refractivity contribution in [2.45, 2.75) is 19.9 Å². The zero-order valence-corrected chi connectivity index (χ0v) is 16.7. The van der Waals surface area contributed by atoms with E-state index in [1.54, 1.807) is 0 Å². The first-order chi connectivity index (χ1) is 13.0. The van der Waals surface area contributed by atoms with Gasteiger partial charge in [0, 0.05) is 11.3 Å². The lowest BCUT2D eigenvalue weighted by Gasteiger charge is -2.32. The van der Waals surface area contributed by atoms with Gasteiger partial charge in [-0.1, -0.05) is 30.3 Å². The van der Waals surface area contributed by atoms with E-state index >= 15 is 0 Å². The maximum absolute atomic E-state index is 13.4. The van der Waals surface area contributed by atoms with Crippen LogP contribution in [-0.2, 0) is 4.74 Å². The Labute approximate surface area is 165 Å². The number of morpholine rings is 1. The summed E-state index contributed by atoms with van der Waals surface area (Å²) in [6.45, 7) is 8.17. The van der Waals surface area contributed by atoms with E-state index in [-0.39, 0.29) is 11.9 Å². The lowest BCUT2D eigenvalue weighted by atomic mass is 10.0. The van der Waals surface area contributed by atoms with Crippen molar-refractivity contribution in [2.75, 3.05) is 38.2 Å². The lowest BCUT2D eigenvalue weighted by Crippen LogP contribution is -3.15. The Kier molecular flexibility index (Phi) is 6.77. The number of thiocarbonyl (C=S) groups is 1. The second kappa shape index (κ2) is 9.26. The molecule has 1 heterocycles. The molecule has 1 aliphatic heterocycles. The van der Waals surface area contributed by atoms with E-state index in [0.29, 0.717) is 11.7 Å². The molecule has 4 nitrogen and oxygen atoms in total. The monoisotopic (exact) mass is 388 g/mol. The normalized spacial score (nSPS) is 16.0. The molecule has 0 saturated carbocycles. The number of hydrogen-bond acceptors (Lipinski definition) is 2. The van der Waals surface area contributed by atoms with Crippen molar-refractivity contribution < 1.29 is 14.0 Å². The summed E-state index contributed by atoms with van der Waals surface area (Å²) >= 11 is 5.53. The third kappa shape index (κ3) is 5.25. The standard InChI is InChI=1S/C21H26FN3OS/c1-15-4-3-5-16(2)20(15)24-21(27)23-14-19(25-10-12-26-13-11-25)17-6-8-18(22)9-7-17/h3-9,19H,10-14H2,1-2H3,(H2,23,24,27)/p+1/t19-/m1/s1. The summed E-state index contributed by atoms with van der Waals surface area (Å²) in [5.74, 6) is -0.213. The first-order valence-corrected chi connectivity index (χ1v) is 9.74. The summed E-state index contributed by atoms with van der Waals surface area (Å²) in [5, 5.41) is 7.29. The third-order valence-corrected chi connectivity index (χ3v) is 5.33. The van der Waals surface area contributed by atoms with Crippen LogP contribution >= 0.6 is 12.2 Å². The molecule has 0 aromatic heterocycles. The first-order valence-electron chi connectivity index (χ1n) is 9.33. The highest BCUT2D eigenvalue weighted by molar-refractivity contribution is 7.80. The van der Waals surface area contributed by atoms with Crippen molar-refractivity contribution >= 4 is 23.0 Å². The van der Waals surface area contributed by atoms with Crippen molar-refractivity contribution in [3.8, 4) is 0 Å². The van der Waals surface area contributed by atoms with Gasteiger partial charge in [0.25, 0.3) is 0 Å². The van der Waals surface area contributed by atoms with Gasteiger partial charge in [0.15, 0.2) is 5.11 Å². The molecule has 0 spiro atoms. The Morgan fingerprint density at radius 2 is 1.74 bits per heavy atom. The van der Waals surface area contributed by atoms with Gasteiger partial charge >= 0.3 is 0 Å². The van der Waals surface area contributed by atoms with Crippen LogP contribution in [0.4, 0.5) is 10.1 Å². The van der Waals surface area contributed by atoms with Crippen molar-refractivity contribution in [2.24, 2.45) is 0 Å². The highest BCUT2D eigenvalue weighted by Crippen LogP contribution is 2.19. The summed E-state index contributed by atoms with van der Waals surface area (Å²) in [6.07, 6.45) is 0. The van der Waals surface area contributed by atoms with Crippen molar-refractivity contribution in [3.63, 3.8) is 0 Å². The lowest BCUT2D eigenvalue weighted by molar-refractivity contribution is -0.937. The van der Waals surface area contributed by atoms with Crippen molar-refractivity contribution in [1.82, 2.24) is 5.32 Å². The van der Waals surface area contributed by atoms with E-state index in [1.807, 2.05) is 18.2 Å². The summed E-state index contributed by atoms with van der Waals surface area (Å²) in [5.41, 5.74) is 4.48. The summed E-state index contributed by atoms with van der Waals surface area (Å²) in [7, 11) is 0. The fourth-order valence-corrected chi connectivity index (χ4v) is 3.72. The average Bonchev–Trinajstić information content (AvgIpc) is 2.67. The molecule has 0 aliphatic carbocycles. The molecule has 2 aromatic rings. The zero-order chi connectivity index (χ0) is 19.2. The molecule has 27 heavy (non-hydrogen) atoms. The topological polar surface area (TPSA) is 37.7 Å². The number of halogens is 1. The second-order valence-electron chi connectivity index (χ2n) is 6.98. The van der Waals surface area contributed by atoms with Gasteiger partial charge in [0.1, 0.15) is 24.9 Å². The number of quaternary nitrogens is 1. The van der Waals surface area contributed by atoms with Crippen LogP contribution in [0, 0.1) is 19.7 Å². The molecule has 2 aromatic carbocycles. The van der Waals surface area contributed by atoms with Gasteiger partial charge in [0.2, 0.25) is 0 Å². The third-order valence-electron chi connectivity index (χ3n) is 5.09. The number of benzene rings is 2. The van der Waals surface area contributed by atoms with Gasteiger partial charge in [-0.25, -0.2) is 4.39 Å². The fraction of sp³-hybridized carbons (Fsp3) is 0.381. The molecule has 0 bridgehead atoms. The quantitative estimate of drug-likeness (QED) is 0.688. The van der Waals surface area contributed by atoms with Gasteiger partial charge in [-0.3, -0.25) is 0 Å². The molecule has 6 heteroatoms. The molecule has 1 saturated heterocycles. The summed E-state index contributed by atoms with van der Waals surface area (Å²) in [6, 6.07) is 13.1. The predicted octanol–water partition coefficient (Wildman–Crippen LogP) is 2.39. The predicted molar refractivity (Wildman–Crippen MR) is 111 cm³/mol. The van der Waals surface area contributed by atoms with E-state index in [9.17, 15) is 4.39 Å². The largest absolute Gasteiger partial charge is 0.370 e. The molecular weight excluding hydrogens is 361 g/mol. The maximum atomic E-state index is 13.4. The van der Waals surface area contributed by atoms with E-state index < -0.39 is 0 Å². The van der Waals surface area contributed by atoms with Crippen LogP contribution in [0.2, 0.25) is 0 Å². The van der Waals surface area contributed by atoms with Crippen molar-refractivity contribution in [1.29, 1.82) is 0 Å². The summed E-state index contributed by atoms with van der Waals surface area (Å²) in [4.78, 5) is 1.43. The molecule has 3 N–H and O–H groups in total. The summed E-state index contributed by atoms with van der Waals surface area (Å²) < 4.78 is 18.8. The molecule has 144 valence electrons. The second-order valence-corrected chi connectivity index (χ2v) is 7.38. The Morgan fingerprint density at radius 3 is 2.37 bits per heavy atom. The number of rotatable bonds is 5. The van der Waals surface area contributed by atoms with Crippen LogP contribution in [0.15, 0.2) is 42.5 Å². The number of ether oxygens (including phenoxy) is 1. The highest BCUT2D eigenvalue weighted by Gasteiger charge is 2.26. The molecular formula is C21H27FN3OS+. The molecule has 1 fully saturated rings. The average molecular weight is 389 g/mol.